The van der Waals surface area contributed by atoms with Crippen molar-refractivity contribution in [1.82, 2.24) is 4.98 Å². The SMILES string of the molecule is COCCOc1ccc2c(Oc3ccc(NC(=O)Nc4ccccc4)cc3)ccnc2c1C(N)=O. The first-order valence-electron chi connectivity index (χ1n) is 10.8. The minimum Gasteiger partial charge on any atom is -0.490 e. The predicted octanol–water partition coefficient (Wildman–Crippen LogP) is 4.80. The molecule has 0 aliphatic heterocycles. The molecule has 9 heteroatoms. The van der Waals surface area contributed by atoms with Gasteiger partial charge in [-0.25, -0.2) is 4.79 Å². The largest absolute Gasteiger partial charge is 0.490 e. The molecular formula is C26H24N4O5. The summed E-state index contributed by atoms with van der Waals surface area (Å²) >= 11 is 0. The Kier molecular flexibility index (Phi) is 7.39. The summed E-state index contributed by atoms with van der Waals surface area (Å²) in [6, 6.07) is 20.8. The number of urea groups is 1. The van der Waals surface area contributed by atoms with Crippen molar-refractivity contribution < 1.29 is 23.8 Å². The van der Waals surface area contributed by atoms with Crippen molar-refractivity contribution in [2.45, 2.75) is 0 Å². The molecule has 3 aromatic carbocycles. The Morgan fingerprint density at radius 2 is 1.57 bits per heavy atom. The molecule has 4 rings (SSSR count). The van der Waals surface area contributed by atoms with Gasteiger partial charge in [-0.3, -0.25) is 9.78 Å². The van der Waals surface area contributed by atoms with Crippen molar-refractivity contribution >= 4 is 34.2 Å². The summed E-state index contributed by atoms with van der Waals surface area (Å²) in [4.78, 5) is 28.7. The third-order valence-corrected chi connectivity index (χ3v) is 5.00. The molecular weight excluding hydrogens is 448 g/mol. The Labute approximate surface area is 201 Å². The highest BCUT2D eigenvalue weighted by atomic mass is 16.5. The van der Waals surface area contributed by atoms with Gasteiger partial charge in [-0.15, -0.1) is 0 Å². The molecule has 178 valence electrons. The van der Waals surface area contributed by atoms with E-state index in [-0.39, 0.29) is 18.2 Å². The van der Waals surface area contributed by atoms with Gasteiger partial charge in [-0.2, -0.15) is 0 Å². The summed E-state index contributed by atoms with van der Waals surface area (Å²) < 4.78 is 16.7. The number of ether oxygens (including phenoxy) is 3. The van der Waals surface area contributed by atoms with Crippen molar-refractivity contribution in [1.29, 1.82) is 0 Å². The highest BCUT2D eigenvalue weighted by Crippen LogP contribution is 2.34. The van der Waals surface area contributed by atoms with Gasteiger partial charge >= 0.3 is 6.03 Å². The Hall–Kier alpha value is -4.63. The number of para-hydroxylation sites is 1. The Balaban J connectivity index is 1.50. The predicted molar refractivity (Wildman–Crippen MR) is 133 cm³/mol. The Bertz CT molecular complexity index is 1330. The standard InChI is InChI=1S/C26H24N4O5/c1-33-15-16-34-22-12-11-20-21(13-14-28-24(20)23(22)25(27)31)35-19-9-7-18(8-10-19)30-26(32)29-17-5-3-2-4-6-17/h2-14H,15-16H2,1H3,(H2,27,31)(H2,29,30,32). The van der Waals surface area contributed by atoms with E-state index in [1.54, 1.807) is 61.7 Å². The molecule has 0 spiro atoms. The number of carbonyl (C=O) groups excluding carboxylic acids is 2. The van der Waals surface area contributed by atoms with E-state index in [2.05, 4.69) is 15.6 Å². The fraction of sp³-hybridized carbons (Fsp3) is 0.115. The van der Waals surface area contributed by atoms with E-state index in [9.17, 15) is 9.59 Å². The van der Waals surface area contributed by atoms with Gasteiger partial charge in [0.2, 0.25) is 0 Å². The van der Waals surface area contributed by atoms with Gasteiger partial charge < -0.3 is 30.6 Å². The Morgan fingerprint density at radius 3 is 2.26 bits per heavy atom. The number of anilines is 2. The monoisotopic (exact) mass is 472 g/mol. The van der Waals surface area contributed by atoms with Crippen LogP contribution < -0.4 is 25.8 Å². The number of fused-ring (bicyclic) bond motifs is 1. The second-order valence-corrected chi connectivity index (χ2v) is 7.42. The number of hydrogen-bond acceptors (Lipinski definition) is 6. The molecule has 35 heavy (non-hydrogen) atoms. The lowest BCUT2D eigenvalue weighted by Crippen LogP contribution is -2.19. The van der Waals surface area contributed by atoms with Gasteiger partial charge in [0.25, 0.3) is 5.91 Å². The first-order chi connectivity index (χ1) is 17.0. The van der Waals surface area contributed by atoms with E-state index in [1.165, 1.54) is 6.20 Å². The number of hydrogen-bond donors (Lipinski definition) is 3. The van der Waals surface area contributed by atoms with Crippen LogP contribution in [0.3, 0.4) is 0 Å². The normalized spacial score (nSPS) is 10.5. The Morgan fingerprint density at radius 1 is 0.857 bits per heavy atom. The number of methoxy groups -OCH3 is 1. The van der Waals surface area contributed by atoms with E-state index in [0.29, 0.717) is 46.1 Å². The third kappa shape index (κ3) is 5.84. The molecule has 0 radical (unpaired) electrons. The highest BCUT2D eigenvalue weighted by molar-refractivity contribution is 6.08. The van der Waals surface area contributed by atoms with Crippen LogP contribution in [0.2, 0.25) is 0 Å². The van der Waals surface area contributed by atoms with E-state index < -0.39 is 5.91 Å². The molecule has 1 aromatic heterocycles. The lowest BCUT2D eigenvalue weighted by atomic mass is 10.1. The minimum absolute atomic E-state index is 0.174. The third-order valence-electron chi connectivity index (χ3n) is 5.00. The van der Waals surface area contributed by atoms with Crippen LogP contribution in [0.25, 0.3) is 10.9 Å². The average molecular weight is 473 g/mol. The maximum absolute atomic E-state index is 12.2. The number of amides is 3. The number of nitrogens with one attached hydrogen (secondary N) is 2. The number of pyridine rings is 1. The van der Waals surface area contributed by atoms with Crippen LogP contribution in [-0.4, -0.2) is 37.2 Å². The fourth-order valence-electron chi connectivity index (χ4n) is 3.41. The summed E-state index contributed by atoms with van der Waals surface area (Å²) in [6.07, 6.45) is 1.53. The van der Waals surface area contributed by atoms with E-state index in [1.807, 2.05) is 18.2 Å². The van der Waals surface area contributed by atoms with E-state index >= 15 is 0 Å². The topological polar surface area (TPSA) is 125 Å². The number of carbonyl (C=O) groups is 2. The van der Waals surface area contributed by atoms with Crippen molar-refractivity contribution in [2.75, 3.05) is 31.0 Å². The van der Waals surface area contributed by atoms with Crippen LogP contribution >= 0.6 is 0 Å². The van der Waals surface area contributed by atoms with Gasteiger partial charge in [-0.1, -0.05) is 18.2 Å². The van der Waals surface area contributed by atoms with Gasteiger partial charge in [0, 0.05) is 30.1 Å². The molecule has 0 atom stereocenters. The molecule has 1 heterocycles. The molecule has 4 aromatic rings. The molecule has 0 bridgehead atoms. The molecule has 0 saturated heterocycles. The maximum atomic E-state index is 12.2. The first-order valence-corrected chi connectivity index (χ1v) is 10.8. The zero-order valence-electron chi connectivity index (χ0n) is 19.0. The molecule has 0 aliphatic carbocycles. The number of nitrogens with two attached hydrogens (primary N) is 1. The van der Waals surface area contributed by atoms with Crippen molar-refractivity contribution in [2.24, 2.45) is 5.73 Å². The lowest BCUT2D eigenvalue weighted by molar-refractivity contribution is 0.0994. The minimum atomic E-state index is -0.656. The van der Waals surface area contributed by atoms with Crippen molar-refractivity contribution in [3.8, 4) is 17.2 Å². The van der Waals surface area contributed by atoms with E-state index in [4.69, 9.17) is 19.9 Å². The fourth-order valence-corrected chi connectivity index (χ4v) is 3.41. The molecule has 4 N–H and O–H groups in total. The van der Waals surface area contributed by atoms with Crippen LogP contribution in [0.4, 0.5) is 16.2 Å². The van der Waals surface area contributed by atoms with Crippen molar-refractivity contribution in [3.05, 3.63) is 84.6 Å². The summed E-state index contributed by atoms with van der Waals surface area (Å²) in [6.45, 7) is 0.633. The number of rotatable bonds is 9. The molecule has 9 nitrogen and oxygen atoms in total. The lowest BCUT2D eigenvalue weighted by Gasteiger charge is -2.14. The zero-order valence-corrected chi connectivity index (χ0v) is 19.0. The average Bonchev–Trinajstić information content (AvgIpc) is 2.85. The van der Waals surface area contributed by atoms with Crippen molar-refractivity contribution in [3.63, 3.8) is 0 Å². The number of benzene rings is 3. The second kappa shape index (κ2) is 11.0. The summed E-state index contributed by atoms with van der Waals surface area (Å²) in [5.41, 5.74) is 7.46. The first kappa shape index (κ1) is 23.5. The van der Waals surface area contributed by atoms with Crippen LogP contribution in [-0.2, 0) is 4.74 Å². The summed E-state index contributed by atoms with van der Waals surface area (Å²) in [5.74, 6) is 0.698. The van der Waals surface area contributed by atoms with Crippen LogP contribution in [0.5, 0.6) is 17.2 Å². The smallest absolute Gasteiger partial charge is 0.323 e. The van der Waals surface area contributed by atoms with Crippen LogP contribution in [0.15, 0.2) is 79.0 Å². The van der Waals surface area contributed by atoms with Gasteiger partial charge in [0.05, 0.1) is 12.1 Å². The quantitative estimate of drug-likeness (QED) is 0.301. The molecule has 0 saturated carbocycles. The van der Waals surface area contributed by atoms with Gasteiger partial charge in [-0.05, 0) is 54.6 Å². The van der Waals surface area contributed by atoms with Crippen LogP contribution in [0, 0.1) is 0 Å². The van der Waals surface area contributed by atoms with Gasteiger partial charge in [0.1, 0.15) is 29.4 Å². The molecule has 0 fully saturated rings. The second-order valence-electron chi connectivity index (χ2n) is 7.42. The zero-order chi connectivity index (χ0) is 24.6. The van der Waals surface area contributed by atoms with E-state index in [0.717, 1.165) is 0 Å². The maximum Gasteiger partial charge on any atom is 0.323 e. The summed E-state index contributed by atoms with van der Waals surface area (Å²) in [7, 11) is 1.56. The summed E-state index contributed by atoms with van der Waals surface area (Å²) in [5, 5.41) is 6.13. The molecule has 0 aliphatic rings. The molecule has 0 unspecified atom stereocenters. The van der Waals surface area contributed by atoms with Gasteiger partial charge in [0.15, 0.2) is 0 Å². The number of primary amides is 1. The number of nitrogens with zero attached hydrogens (tertiary/aromatic N) is 1. The number of aromatic nitrogens is 1. The van der Waals surface area contributed by atoms with Crippen LogP contribution in [0.1, 0.15) is 10.4 Å². The molecule has 3 amide bonds. The highest BCUT2D eigenvalue weighted by Gasteiger charge is 2.18.